The highest BCUT2D eigenvalue weighted by molar-refractivity contribution is 5.88. The van der Waals surface area contributed by atoms with Crippen LogP contribution in [0.5, 0.6) is 11.5 Å². The molecule has 6 unspecified atom stereocenters. The number of fused-ring (bicyclic) bond motifs is 1. The van der Waals surface area contributed by atoms with Crippen molar-refractivity contribution < 1.29 is 49.0 Å². The van der Waals surface area contributed by atoms with E-state index in [1.807, 2.05) is 0 Å². The van der Waals surface area contributed by atoms with E-state index in [2.05, 4.69) is 0 Å². The summed E-state index contributed by atoms with van der Waals surface area (Å²) in [6, 6.07) is 8.89. The van der Waals surface area contributed by atoms with Crippen molar-refractivity contribution in [2.24, 2.45) is 0 Å². The minimum atomic E-state index is -1.70. The molecule has 6 atom stereocenters. The van der Waals surface area contributed by atoms with Gasteiger partial charge < -0.3 is 44.2 Å². The minimum Gasteiger partial charge on any atom is -0.508 e. The lowest BCUT2D eigenvalue weighted by Crippen LogP contribution is -2.56. The van der Waals surface area contributed by atoms with Gasteiger partial charge in [0.15, 0.2) is 11.5 Å². The molecule has 11 nitrogen and oxygen atoms in total. The summed E-state index contributed by atoms with van der Waals surface area (Å²) in [7, 11) is 1.38. The molecular weight excluding hydrogens is 524 g/mol. The topological polar surface area (TPSA) is 176 Å². The predicted octanol–water partition coefficient (Wildman–Crippen LogP) is 1.52. The molecule has 0 aliphatic carbocycles. The smallest absolute Gasteiger partial charge is 0.331 e. The molecule has 0 bridgehead atoms. The van der Waals surface area contributed by atoms with E-state index in [-0.39, 0.29) is 40.2 Å². The van der Waals surface area contributed by atoms with Crippen molar-refractivity contribution >= 4 is 23.0 Å². The Labute approximate surface area is 229 Å². The summed E-state index contributed by atoms with van der Waals surface area (Å²) in [5, 5.41) is 51.0. The molecule has 0 amide bonds. The average Bonchev–Trinajstić information content (AvgIpc) is 2.90. The van der Waals surface area contributed by atoms with E-state index in [4.69, 9.17) is 18.6 Å². The van der Waals surface area contributed by atoms with E-state index in [0.717, 1.165) is 6.08 Å². The summed E-state index contributed by atoms with van der Waals surface area (Å²) in [6.45, 7) is 2.55. The Morgan fingerprint density at radius 3 is 2.48 bits per heavy atom. The molecule has 1 saturated heterocycles. The molecule has 1 aliphatic heterocycles. The van der Waals surface area contributed by atoms with Crippen molar-refractivity contribution in [2.45, 2.75) is 56.9 Å². The number of aliphatic hydroxyl groups is 4. The summed E-state index contributed by atoms with van der Waals surface area (Å²) in [6.07, 6.45) is -5.68. The van der Waals surface area contributed by atoms with Crippen molar-refractivity contribution in [3.05, 3.63) is 75.1 Å². The normalized spacial score (nSPS) is 23.8. The van der Waals surface area contributed by atoms with Crippen molar-refractivity contribution in [3.8, 4) is 11.5 Å². The summed E-state index contributed by atoms with van der Waals surface area (Å²) in [5.41, 5.74) is 0.876. The number of aromatic hydroxyl groups is 1. The molecule has 4 rings (SSSR count). The minimum absolute atomic E-state index is 0.0333. The van der Waals surface area contributed by atoms with Gasteiger partial charge in [0.2, 0.25) is 0 Å². The molecule has 0 spiro atoms. The molecule has 0 saturated carbocycles. The number of carbonyl (C=O) groups excluding carboxylic acids is 1. The zero-order valence-corrected chi connectivity index (χ0v) is 22.2. The van der Waals surface area contributed by atoms with Crippen LogP contribution in [0.4, 0.5) is 0 Å². The van der Waals surface area contributed by atoms with E-state index < -0.39 is 54.6 Å². The highest BCUT2D eigenvalue weighted by atomic mass is 16.6. The van der Waals surface area contributed by atoms with E-state index in [0.29, 0.717) is 11.1 Å². The zero-order valence-electron chi connectivity index (χ0n) is 22.2. The number of hydrogen-bond acceptors (Lipinski definition) is 11. The molecule has 214 valence electrons. The second-order valence-electron chi connectivity index (χ2n) is 9.73. The average molecular weight is 557 g/mol. The van der Waals surface area contributed by atoms with Crippen molar-refractivity contribution in [1.82, 2.24) is 0 Å². The number of rotatable bonds is 8. The van der Waals surface area contributed by atoms with Crippen LogP contribution in [0, 0.1) is 6.92 Å². The summed E-state index contributed by atoms with van der Waals surface area (Å²) in [4.78, 5) is 26.0. The quantitative estimate of drug-likeness (QED) is 0.201. The standard InChI is InChI=1S/C29H32O11/c1-14-10-20(37-3)24(27-23(14)19(33)12-18(38-27)11-15(2)31)28-29(26(36)25(35)21(13-30)39-28)40-22(34)9-6-16-4-7-17(32)8-5-16/h4-10,12,15,21,25-26,28-32,35-36H,11,13H2,1-3H3/b9-6+. The first-order valence-corrected chi connectivity index (χ1v) is 12.7. The van der Waals surface area contributed by atoms with Crippen LogP contribution in [0.25, 0.3) is 17.0 Å². The third-order valence-corrected chi connectivity index (χ3v) is 6.68. The van der Waals surface area contributed by atoms with Crippen LogP contribution in [0.2, 0.25) is 0 Å². The number of esters is 1. The maximum Gasteiger partial charge on any atom is 0.331 e. The molecule has 1 fully saturated rings. The number of phenols is 1. The Kier molecular flexibility index (Phi) is 8.92. The van der Waals surface area contributed by atoms with Crippen LogP contribution in [0.1, 0.15) is 35.5 Å². The van der Waals surface area contributed by atoms with Gasteiger partial charge in [-0.05, 0) is 49.2 Å². The van der Waals surface area contributed by atoms with Gasteiger partial charge in [-0.25, -0.2) is 4.79 Å². The van der Waals surface area contributed by atoms with Crippen LogP contribution in [0.3, 0.4) is 0 Å². The summed E-state index contributed by atoms with van der Waals surface area (Å²) >= 11 is 0. The van der Waals surface area contributed by atoms with Crippen LogP contribution >= 0.6 is 0 Å². The number of methoxy groups -OCH3 is 1. The van der Waals surface area contributed by atoms with E-state index in [1.54, 1.807) is 25.1 Å². The van der Waals surface area contributed by atoms with Crippen molar-refractivity contribution in [1.29, 1.82) is 0 Å². The number of aryl methyl sites for hydroxylation is 1. The second kappa shape index (κ2) is 12.2. The number of ether oxygens (including phenoxy) is 3. The predicted molar refractivity (Wildman–Crippen MR) is 143 cm³/mol. The van der Waals surface area contributed by atoms with E-state index >= 15 is 0 Å². The van der Waals surface area contributed by atoms with E-state index in [9.17, 15) is 35.1 Å². The number of aliphatic hydroxyl groups excluding tert-OH is 4. The van der Waals surface area contributed by atoms with Crippen LogP contribution < -0.4 is 10.2 Å². The van der Waals surface area contributed by atoms with Gasteiger partial charge in [-0.15, -0.1) is 0 Å². The SMILES string of the molecule is COc1cc(C)c2c(=O)cc(CC(C)O)oc2c1C1OC(CO)C(O)C(O)C1OC(=O)/C=C/c1ccc(O)cc1. The van der Waals surface area contributed by atoms with Crippen molar-refractivity contribution in [2.75, 3.05) is 13.7 Å². The Bertz CT molecular complexity index is 1440. The first-order chi connectivity index (χ1) is 19.0. The highest BCUT2D eigenvalue weighted by Crippen LogP contribution is 2.43. The third-order valence-electron chi connectivity index (χ3n) is 6.68. The van der Waals surface area contributed by atoms with Crippen molar-refractivity contribution in [3.63, 3.8) is 0 Å². The molecule has 2 aromatic carbocycles. The van der Waals surface area contributed by atoms with Gasteiger partial charge in [0.05, 0.1) is 30.8 Å². The lowest BCUT2D eigenvalue weighted by atomic mass is 9.89. The molecule has 11 heteroatoms. The van der Waals surface area contributed by atoms with E-state index in [1.165, 1.54) is 38.3 Å². The fourth-order valence-electron chi connectivity index (χ4n) is 4.77. The molecule has 0 radical (unpaired) electrons. The molecular formula is C29H32O11. The van der Waals surface area contributed by atoms with Gasteiger partial charge in [-0.3, -0.25) is 4.79 Å². The molecule has 2 heterocycles. The van der Waals surface area contributed by atoms with Gasteiger partial charge >= 0.3 is 5.97 Å². The lowest BCUT2D eigenvalue weighted by Gasteiger charge is -2.42. The summed E-state index contributed by atoms with van der Waals surface area (Å²) in [5.74, 6) is -0.456. The zero-order chi connectivity index (χ0) is 29.1. The largest absolute Gasteiger partial charge is 0.508 e. The number of hydrogen-bond donors (Lipinski definition) is 5. The Morgan fingerprint density at radius 1 is 1.15 bits per heavy atom. The lowest BCUT2D eigenvalue weighted by molar-refractivity contribution is -0.239. The van der Waals surface area contributed by atoms with Gasteiger partial charge in [-0.1, -0.05) is 12.1 Å². The molecule has 3 aromatic rings. The first-order valence-electron chi connectivity index (χ1n) is 12.7. The summed E-state index contributed by atoms with van der Waals surface area (Å²) < 4.78 is 23.2. The van der Waals surface area contributed by atoms with Crippen LogP contribution in [-0.4, -0.2) is 75.7 Å². The van der Waals surface area contributed by atoms with Crippen LogP contribution in [0.15, 0.2) is 51.7 Å². The highest BCUT2D eigenvalue weighted by Gasteiger charge is 2.49. The Balaban J connectivity index is 1.83. The molecule has 1 aliphatic rings. The van der Waals surface area contributed by atoms with Gasteiger partial charge in [-0.2, -0.15) is 0 Å². The van der Waals surface area contributed by atoms with Crippen LogP contribution in [-0.2, 0) is 20.7 Å². The Hall–Kier alpha value is -3.74. The number of phenolic OH excluding ortho intramolecular Hbond substituents is 1. The third kappa shape index (κ3) is 6.03. The monoisotopic (exact) mass is 556 g/mol. The maximum atomic E-state index is 13.1. The fraction of sp³-hybridized carbons (Fsp3) is 0.379. The Morgan fingerprint density at radius 2 is 1.85 bits per heavy atom. The van der Waals surface area contributed by atoms with Gasteiger partial charge in [0, 0.05) is 18.6 Å². The van der Waals surface area contributed by atoms with Gasteiger partial charge in [0.25, 0.3) is 0 Å². The number of benzene rings is 2. The maximum absolute atomic E-state index is 13.1. The first kappa shape index (κ1) is 29.2. The molecule has 40 heavy (non-hydrogen) atoms. The fourth-order valence-corrected chi connectivity index (χ4v) is 4.77. The molecule has 5 N–H and O–H groups in total. The van der Waals surface area contributed by atoms with Gasteiger partial charge in [0.1, 0.15) is 47.3 Å². The molecule has 1 aromatic heterocycles. The second-order valence-corrected chi connectivity index (χ2v) is 9.73. The number of carbonyl (C=O) groups is 1.